The number of halogens is 3. The molecule has 0 radical (unpaired) electrons. The Bertz CT molecular complexity index is 750. The molecule has 9 heteroatoms. The Morgan fingerprint density at radius 3 is 2.04 bits per heavy atom. The first-order chi connectivity index (χ1) is 13.1. The second-order valence-electron chi connectivity index (χ2n) is 6.70. The minimum absolute atomic E-state index is 0.144. The molecule has 1 aliphatic heterocycles. The zero-order chi connectivity index (χ0) is 20.9. The third-order valence-corrected chi connectivity index (χ3v) is 4.15. The van der Waals surface area contributed by atoms with Crippen molar-refractivity contribution in [2.24, 2.45) is 0 Å². The number of benzene rings is 1. The average Bonchev–Trinajstić information content (AvgIpc) is 2.64. The van der Waals surface area contributed by atoms with Crippen LogP contribution in [0.5, 0.6) is 0 Å². The van der Waals surface area contributed by atoms with Gasteiger partial charge in [0.25, 0.3) is 0 Å². The number of hydrogen-bond donors (Lipinski definition) is 1. The summed E-state index contributed by atoms with van der Waals surface area (Å²) in [6.45, 7) is 4.54. The quantitative estimate of drug-likeness (QED) is 0.626. The lowest BCUT2D eigenvalue weighted by atomic mass is 10.1. The molecule has 28 heavy (non-hydrogen) atoms. The van der Waals surface area contributed by atoms with Crippen LogP contribution in [-0.4, -0.2) is 59.7 Å². The van der Waals surface area contributed by atoms with E-state index in [9.17, 15) is 27.6 Å². The molecule has 0 saturated carbocycles. The second kappa shape index (κ2) is 8.90. The van der Waals surface area contributed by atoms with E-state index in [4.69, 9.17) is 0 Å². The number of piperazine rings is 1. The van der Waals surface area contributed by atoms with E-state index in [2.05, 4.69) is 5.32 Å². The Morgan fingerprint density at radius 1 is 1.00 bits per heavy atom. The first-order valence-electron chi connectivity index (χ1n) is 8.82. The molecule has 1 aliphatic rings. The molecular formula is C19H22F3N3O3. The molecule has 0 bridgehead atoms. The lowest BCUT2D eigenvalue weighted by Crippen LogP contribution is -2.54. The number of carbonyl (C=O) groups excluding carboxylic acids is 3. The van der Waals surface area contributed by atoms with Gasteiger partial charge in [0.15, 0.2) is 0 Å². The molecule has 1 aromatic rings. The third-order valence-electron chi connectivity index (χ3n) is 4.15. The van der Waals surface area contributed by atoms with Gasteiger partial charge in [-0.1, -0.05) is 12.1 Å². The summed E-state index contributed by atoms with van der Waals surface area (Å²) in [5.74, 6) is -1.60. The average molecular weight is 397 g/mol. The van der Waals surface area contributed by atoms with Gasteiger partial charge in [0.2, 0.25) is 5.91 Å². The van der Waals surface area contributed by atoms with Crippen molar-refractivity contribution in [3.05, 3.63) is 41.5 Å². The van der Waals surface area contributed by atoms with Gasteiger partial charge in [-0.05, 0) is 37.6 Å². The molecule has 1 heterocycles. The van der Waals surface area contributed by atoms with Gasteiger partial charge in [-0.15, -0.1) is 0 Å². The smallest absolute Gasteiger partial charge is 0.346 e. The van der Waals surface area contributed by atoms with Crippen molar-refractivity contribution in [2.45, 2.75) is 26.1 Å². The van der Waals surface area contributed by atoms with Gasteiger partial charge in [0, 0.05) is 38.3 Å². The van der Waals surface area contributed by atoms with E-state index in [1.165, 1.54) is 34.1 Å². The van der Waals surface area contributed by atoms with E-state index in [0.29, 0.717) is 5.56 Å². The van der Waals surface area contributed by atoms with Crippen molar-refractivity contribution in [2.75, 3.05) is 26.2 Å². The number of amides is 3. The molecule has 2 rings (SSSR count). The van der Waals surface area contributed by atoms with E-state index >= 15 is 0 Å². The van der Waals surface area contributed by atoms with Crippen molar-refractivity contribution in [1.82, 2.24) is 15.1 Å². The normalized spacial score (nSPS) is 15.2. The summed E-state index contributed by atoms with van der Waals surface area (Å²) in [5, 5.41) is 2.53. The van der Waals surface area contributed by atoms with Gasteiger partial charge in [0.1, 0.15) is 0 Å². The first-order valence-corrected chi connectivity index (χ1v) is 8.82. The summed E-state index contributed by atoms with van der Waals surface area (Å²) >= 11 is 0. The van der Waals surface area contributed by atoms with E-state index in [0.717, 1.165) is 12.1 Å². The number of carbonyl (C=O) groups is 3. The predicted molar refractivity (Wildman–Crippen MR) is 96.9 cm³/mol. The van der Waals surface area contributed by atoms with Crippen LogP contribution in [0.2, 0.25) is 0 Å². The molecule has 1 fully saturated rings. The van der Waals surface area contributed by atoms with Gasteiger partial charge in [-0.2, -0.15) is 13.2 Å². The van der Waals surface area contributed by atoms with Crippen LogP contribution in [0.15, 0.2) is 30.3 Å². The van der Waals surface area contributed by atoms with Crippen molar-refractivity contribution in [1.29, 1.82) is 0 Å². The highest BCUT2D eigenvalue weighted by molar-refractivity contribution is 6.35. The van der Waals surface area contributed by atoms with Crippen LogP contribution in [0, 0.1) is 0 Å². The third kappa shape index (κ3) is 5.83. The Labute approximate surface area is 161 Å². The molecule has 3 amide bonds. The minimum atomic E-state index is -4.40. The molecule has 0 unspecified atom stereocenters. The molecule has 0 spiro atoms. The van der Waals surface area contributed by atoms with Crippen LogP contribution in [0.3, 0.4) is 0 Å². The highest BCUT2D eigenvalue weighted by Crippen LogP contribution is 2.29. The topological polar surface area (TPSA) is 69.7 Å². The lowest BCUT2D eigenvalue weighted by Gasteiger charge is -2.33. The Morgan fingerprint density at radius 2 is 1.54 bits per heavy atom. The van der Waals surface area contributed by atoms with E-state index < -0.39 is 23.6 Å². The number of alkyl halides is 3. The van der Waals surface area contributed by atoms with E-state index in [1.807, 2.05) is 0 Å². The maximum Gasteiger partial charge on any atom is 0.416 e. The van der Waals surface area contributed by atoms with Gasteiger partial charge in [0.05, 0.1) is 5.56 Å². The molecule has 6 nitrogen and oxygen atoms in total. The molecule has 1 aromatic carbocycles. The first kappa shape index (κ1) is 21.5. The molecule has 0 aliphatic carbocycles. The fourth-order valence-electron chi connectivity index (χ4n) is 2.65. The largest absolute Gasteiger partial charge is 0.416 e. The highest BCUT2D eigenvalue weighted by Gasteiger charge is 2.30. The van der Waals surface area contributed by atoms with Crippen LogP contribution >= 0.6 is 0 Å². The predicted octanol–water partition coefficient (Wildman–Crippen LogP) is 1.91. The Hall–Kier alpha value is -2.84. The van der Waals surface area contributed by atoms with E-state index in [-0.39, 0.29) is 38.1 Å². The van der Waals surface area contributed by atoms with Crippen LogP contribution in [0.4, 0.5) is 13.2 Å². The van der Waals surface area contributed by atoms with Gasteiger partial charge in [-0.3, -0.25) is 14.4 Å². The van der Waals surface area contributed by atoms with E-state index in [1.54, 1.807) is 13.8 Å². The monoisotopic (exact) mass is 397 g/mol. The van der Waals surface area contributed by atoms with Crippen LogP contribution in [0.1, 0.15) is 25.0 Å². The zero-order valence-electron chi connectivity index (χ0n) is 15.6. The molecule has 152 valence electrons. The Kier molecular flexibility index (Phi) is 6.82. The molecule has 1 saturated heterocycles. The van der Waals surface area contributed by atoms with Crippen molar-refractivity contribution in [3.8, 4) is 0 Å². The molecule has 0 atom stereocenters. The maximum atomic E-state index is 12.5. The summed E-state index contributed by atoms with van der Waals surface area (Å²) in [7, 11) is 0. The summed E-state index contributed by atoms with van der Waals surface area (Å²) in [5.41, 5.74) is -0.279. The fraction of sp³-hybridized carbons (Fsp3) is 0.421. The SMILES string of the molecule is CC(C)NC(=O)C(=O)N1CCN(C(=O)/C=C/c2ccc(C(F)(F)F)cc2)CC1. The van der Waals surface area contributed by atoms with Crippen molar-refractivity contribution < 1.29 is 27.6 Å². The summed E-state index contributed by atoms with van der Waals surface area (Å²) in [6.07, 6.45) is -1.68. The zero-order valence-corrected chi connectivity index (χ0v) is 15.6. The minimum Gasteiger partial charge on any atom is -0.346 e. The Balaban J connectivity index is 1.87. The van der Waals surface area contributed by atoms with Crippen LogP contribution in [-0.2, 0) is 20.6 Å². The molecule has 0 aromatic heterocycles. The highest BCUT2D eigenvalue weighted by atomic mass is 19.4. The number of nitrogens with one attached hydrogen (secondary N) is 1. The molecular weight excluding hydrogens is 375 g/mol. The maximum absolute atomic E-state index is 12.5. The van der Waals surface area contributed by atoms with Crippen LogP contribution in [0.25, 0.3) is 6.08 Å². The number of hydrogen-bond acceptors (Lipinski definition) is 3. The summed E-state index contributed by atoms with van der Waals surface area (Å²) < 4.78 is 37.6. The second-order valence-corrected chi connectivity index (χ2v) is 6.70. The summed E-state index contributed by atoms with van der Waals surface area (Å²) in [6, 6.07) is 4.34. The standard InChI is InChI=1S/C19H22F3N3O3/c1-13(2)23-17(27)18(28)25-11-9-24(10-12-25)16(26)8-5-14-3-6-15(7-4-14)19(20,21)22/h3-8,13H,9-12H2,1-2H3,(H,23,27)/b8-5+. The van der Waals surface area contributed by atoms with Gasteiger partial charge < -0.3 is 15.1 Å². The number of rotatable bonds is 3. The summed E-state index contributed by atoms with van der Waals surface area (Å²) in [4.78, 5) is 38.9. The fourth-order valence-corrected chi connectivity index (χ4v) is 2.65. The van der Waals surface area contributed by atoms with Gasteiger partial charge >= 0.3 is 18.0 Å². The van der Waals surface area contributed by atoms with Crippen molar-refractivity contribution in [3.63, 3.8) is 0 Å². The van der Waals surface area contributed by atoms with Crippen molar-refractivity contribution >= 4 is 23.8 Å². The lowest BCUT2D eigenvalue weighted by molar-refractivity contribution is -0.148. The van der Waals surface area contributed by atoms with Gasteiger partial charge in [-0.25, -0.2) is 0 Å². The van der Waals surface area contributed by atoms with Crippen LogP contribution < -0.4 is 5.32 Å². The molecule has 1 N–H and O–H groups in total. The number of nitrogens with zero attached hydrogens (tertiary/aromatic N) is 2.